The Morgan fingerprint density at radius 1 is 1.24 bits per heavy atom. The minimum atomic E-state index is -0.838. The van der Waals surface area contributed by atoms with Crippen LogP contribution in [-0.4, -0.2) is 72.2 Å². The van der Waals surface area contributed by atoms with Gasteiger partial charge in [0.15, 0.2) is 0 Å². The van der Waals surface area contributed by atoms with E-state index in [1.165, 1.54) is 0 Å². The summed E-state index contributed by atoms with van der Waals surface area (Å²) in [5.74, 6) is -0.300. The molecular formula is C19H26N2O4. The molecule has 1 N–H and O–H groups in total. The SMILES string of the molecule is CC(C)c1cccc(C(=O)N2C[C@@H]3COC[C@H](C2)N(CC(=O)O)C3)c1. The number of hydrogen-bond donors (Lipinski definition) is 1. The van der Waals surface area contributed by atoms with E-state index in [2.05, 4.69) is 13.8 Å². The van der Waals surface area contributed by atoms with Crippen LogP contribution in [0.1, 0.15) is 35.7 Å². The zero-order valence-corrected chi connectivity index (χ0v) is 14.9. The molecule has 1 amide bonds. The standard InChI is InChI=1S/C19H26N2O4/c1-13(2)15-4-3-5-16(6-15)19(24)21-8-14-7-20(10-18(22)23)17(9-21)12-25-11-14/h3-6,13-14,17H,7-12H2,1-2H3,(H,22,23)/t14-,17+/m1/s1. The molecule has 2 atom stereocenters. The number of rotatable bonds is 4. The molecule has 0 aromatic heterocycles. The van der Waals surface area contributed by atoms with Crippen molar-refractivity contribution in [2.24, 2.45) is 5.92 Å². The molecular weight excluding hydrogens is 320 g/mol. The maximum absolute atomic E-state index is 13.0. The van der Waals surface area contributed by atoms with Gasteiger partial charge in [-0.05, 0) is 23.6 Å². The highest BCUT2D eigenvalue weighted by atomic mass is 16.5. The Hall–Kier alpha value is -1.92. The predicted octanol–water partition coefficient (Wildman–Crippen LogP) is 1.67. The topological polar surface area (TPSA) is 70.1 Å². The second-order valence-corrected chi connectivity index (χ2v) is 7.37. The van der Waals surface area contributed by atoms with Gasteiger partial charge >= 0.3 is 5.97 Å². The van der Waals surface area contributed by atoms with Crippen molar-refractivity contribution in [3.8, 4) is 0 Å². The number of ether oxygens (including phenoxy) is 1. The quantitative estimate of drug-likeness (QED) is 0.898. The van der Waals surface area contributed by atoms with Crippen molar-refractivity contribution >= 4 is 11.9 Å². The molecule has 6 nitrogen and oxygen atoms in total. The highest BCUT2D eigenvalue weighted by Crippen LogP contribution is 2.22. The predicted molar refractivity (Wildman–Crippen MR) is 93.7 cm³/mol. The van der Waals surface area contributed by atoms with E-state index in [9.17, 15) is 9.59 Å². The molecule has 0 spiro atoms. The first-order valence-corrected chi connectivity index (χ1v) is 8.87. The zero-order chi connectivity index (χ0) is 18.0. The van der Waals surface area contributed by atoms with Gasteiger partial charge in [-0.25, -0.2) is 0 Å². The summed E-state index contributed by atoms with van der Waals surface area (Å²) in [5.41, 5.74) is 1.86. The largest absolute Gasteiger partial charge is 0.480 e. The smallest absolute Gasteiger partial charge is 0.317 e. The van der Waals surface area contributed by atoms with Crippen molar-refractivity contribution in [1.82, 2.24) is 9.80 Å². The van der Waals surface area contributed by atoms with Crippen molar-refractivity contribution in [3.63, 3.8) is 0 Å². The Kier molecular flexibility index (Phi) is 5.39. The molecule has 2 aliphatic heterocycles. The van der Waals surface area contributed by atoms with E-state index >= 15 is 0 Å². The molecule has 2 aliphatic rings. The van der Waals surface area contributed by atoms with Gasteiger partial charge in [-0.2, -0.15) is 0 Å². The van der Waals surface area contributed by atoms with Crippen LogP contribution in [0.2, 0.25) is 0 Å². The third-order valence-electron chi connectivity index (χ3n) is 5.01. The Balaban J connectivity index is 1.80. The van der Waals surface area contributed by atoms with Gasteiger partial charge in [-0.15, -0.1) is 0 Å². The second-order valence-electron chi connectivity index (χ2n) is 7.37. The van der Waals surface area contributed by atoms with Gasteiger partial charge in [0, 0.05) is 31.1 Å². The summed E-state index contributed by atoms with van der Waals surface area (Å²) in [4.78, 5) is 28.0. The van der Waals surface area contributed by atoms with Gasteiger partial charge in [0.2, 0.25) is 0 Å². The number of amides is 1. The first-order chi connectivity index (χ1) is 11.9. The van der Waals surface area contributed by atoms with Gasteiger partial charge in [0.1, 0.15) is 0 Å². The van der Waals surface area contributed by atoms with E-state index in [-0.39, 0.29) is 24.4 Å². The average molecular weight is 346 g/mol. The van der Waals surface area contributed by atoms with Crippen LogP contribution in [0.4, 0.5) is 0 Å². The number of carboxylic acids is 1. The molecule has 6 heteroatoms. The van der Waals surface area contributed by atoms with Crippen molar-refractivity contribution in [3.05, 3.63) is 35.4 Å². The fourth-order valence-corrected chi connectivity index (χ4v) is 3.68. The average Bonchev–Trinajstić information content (AvgIpc) is 2.83. The molecule has 136 valence electrons. The van der Waals surface area contributed by atoms with Crippen molar-refractivity contribution in [1.29, 1.82) is 0 Å². The van der Waals surface area contributed by atoms with Gasteiger partial charge < -0.3 is 14.7 Å². The first kappa shape index (κ1) is 17.9. The molecule has 2 heterocycles. The number of fused-ring (bicyclic) bond motifs is 3. The minimum absolute atomic E-state index is 0.00457. The normalized spacial score (nSPS) is 24.2. The summed E-state index contributed by atoms with van der Waals surface area (Å²) in [7, 11) is 0. The first-order valence-electron chi connectivity index (χ1n) is 8.87. The van der Waals surface area contributed by atoms with Crippen LogP contribution in [0.5, 0.6) is 0 Å². The summed E-state index contributed by atoms with van der Waals surface area (Å²) < 4.78 is 5.69. The van der Waals surface area contributed by atoms with E-state index in [4.69, 9.17) is 9.84 Å². The number of hydrogen-bond acceptors (Lipinski definition) is 4. The lowest BCUT2D eigenvalue weighted by Crippen LogP contribution is -2.47. The highest BCUT2D eigenvalue weighted by Gasteiger charge is 2.36. The summed E-state index contributed by atoms with van der Waals surface area (Å²) in [6.45, 7) is 7.04. The van der Waals surface area contributed by atoms with Crippen LogP contribution in [0, 0.1) is 5.92 Å². The molecule has 2 fully saturated rings. The van der Waals surface area contributed by atoms with Crippen LogP contribution in [0.25, 0.3) is 0 Å². The minimum Gasteiger partial charge on any atom is -0.480 e. The van der Waals surface area contributed by atoms with E-state index in [0.717, 1.165) is 5.56 Å². The molecule has 1 aromatic carbocycles. The lowest BCUT2D eigenvalue weighted by atomic mass is 10.00. The Labute approximate surface area is 148 Å². The Morgan fingerprint density at radius 3 is 2.76 bits per heavy atom. The number of carbonyl (C=O) groups is 2. The molecule has 0 saturated carbocycles. The van der Waals surface area contributed by atoms with E-state index in [1.807, 2.05) is 34.1 Å². The van der Waals surface area contributed by atoms with Gasteiger partial charge in [0.05, 0.1) is 25.8 Å². The summed E-state index contributed by atoms with van der Waals surface area (Å²) >= 11 is 0. The molecule has 0 aliphatic carbocycles. The van der Waals surface area contributed by atoms with E-state index in [0.29, 0.717) is 44.3 Å². The number of benzene rings is 1. The summed E-state index contributed by atoms with van der Waals surface area (Å²) in [6.07, 6.45) is 0. The van der Waals surface area contributed by atoms with Gasteiger partial charge in [-0.1, -0.05) is 26.0 Å². The third kappa shape index (κ3) is 4.19. The van der Waals surface area contributed by atoms with E-state index in [1.54, 1.807) is 0 Å². The number of aliphatic carboxylic acids is 1. The van der Waals surface area contributed by atoms with Gasteiger partial charge in [-0.3, -0.25) is 14.5 Å². The summed E-state index contributed by atoms with van der Waals surface area (Å²) in [5, 5.41) is 9.15. The lowest BCUT2D eigenvalue weighted by Gasteiger charge is -2.30. The van der Waals surface area contributed by atoms with Crippen LogP contribution in [0.3, 0.4) is 0 Å². The molecule has 0 radical (unpaired) electrons. The van der Waals surface area contributed by atoms with Gasteiger partial charge in [0.25, 0.3) is 5.91 Å². The lowest BCUT2D eigenvalue weighted by molar-refractivity contribution is -0.139. The maximum Gasteiger partial charge on any atom is 0.317 e. The molecule has 2 saturated heterocycles. The molecule has 3 rings (SSSR count). The number of carbonyl (C=O) groups excluding carboxylic acids is 1. The fourth-order valence-electron chi connectivity index (χ4n) is 3.68. The fraction of sp³-hybridized carbons (Fsp3) is 0.579. The van der Waals surface area contributed by atoms with E-state index < -0.39 is 5.97 Å². The van der Waals surface area contributed by atoms with Crippen LogP contribution >= 0.6 is 0 Å². The molecule has 25 heavy (non-hydrogen) atoms. The Morgan fingerprint density at radius 2 is 2.04 bits per heavy atom. The summed E-state index contributed by atoms with van der Waals surface area (Å²) in [6, 6.07) is 7.74. The number of nitrogens with zero attached hydrogens (tertiary/aromatic N) is 2. The van der Waals surface area contributed by atoms with Crippen LogP contribution in [0.15, 0.2) is 24.3 Å². The monoisotopic (exact) mass is 346 g/mol. The molecule has 0 unspecified atom stereocenters. The third-order valence-corrected chi connectivity index (χ3v) is 5.01. The van der Waals surface area contributed by atoms with Crippen molar-refractivity contribution < 1.29 is 19.4 Å². The maximum atomic E-state index is 13.0. The zero-order valence-electron chi connectivity index (χ0n) is 14.9. The Bertz CT molecular complexity index is 646. The second kappa shape index (κ2) is 7.54. The van der Waals surface area contributed by atoms with Crippen molar-refractivity contribution in [2.45, 2.75) is 25.8 Å². The van der Waals surface area contributed by atoms with Crippen molar-refractivity contribution in [2.75, 3.05) is 39.4 Å². The molecule has 2 bridgehead atoms. The number of carboxylic acid groups (broad SMARTS) is 1. The molecule has 1 aromatic rings. The van der Waals surface area contributed by atoms with Crippen LogP contribution in [-0.2, 0) is 9.53 Å². The van der Waals surface area contributed by atoms with Crippen LogP contribution < -0.4 is 0 Å². The highest BCUT2D eigenvalue weighted by molar-refractivity contribution is 5.94.